The molecule has 0 aromatic heterocycles. The van der Waals surface area contributed by atoms with Crippen molar-refractivity contribution >= 4 is 61.0 Å². The smallest absolute Gasteiger partial charge is 0.0386 e. The second-order valence-electron chi connectivity index (χ2n) is 7.12. The van der Waals surface area contributed by atoms with Crippen molar-refractivity contribution in [2.75, 3.05) is 5.90 Å². The van der Waals surface area contributed by atoms with Crippen LogP contribution >= 0.6 is 27.9 Å². The molecule has 4 aromatic carbocycles. The standard InChI is InChI=1S/C25H22P4S/c30-29(25-19-11-4-12-20-25)27(23-15-7-2-8-16-23)21-26(22-13-5-1-6-14-22)28(29)24-17-9-3-10-18-24/h1-20H,21H2. The van der Waals surface area contributed by atoms with E-state index in [9.17, 15) is 0 Å². The van der Waals surface area contributed by atoms with E-state index in [2.05, 4.69) is 121 Å². The molecule has 5 rings (SSSR count). The SMILES string of the molecule is S=P1(c2ccccc2)P(c2ccccc2)CP(c2ccccc2)P1c1ccccc1. The summed E-state index contributed by atoms with van der Waals surface area (Å²) in [7, 11) is -1.16. The van der Waals surface area contributed by atoms with Gasteiger partial charge >= 0.3 is 0 Å². The van der Waals surface area contributed by atoms with Crippen LogP contribution < -0.4 is 21.2 Å². The molecule has 4 aromatic rings. The van der Waals surface area contributed by atoms with Crippen LogP contribution in [0.15, 0.2) is 121 Å². The van der Waals surface area contributed by atoms with Gasteiger partial charge in [0.1, 0.15) is 0 Å². The van der Waals surface area contributed by atoms with Crippen molar-refractivity contribution in [1.29, 1.82) is 0 Å². The Kier molecular flexibility index (Phi) is 6.30. The van der Waals surface area contributed by atoms with Gasteiger partial charge in [-0.05, 0) is 43.7 Å². The lowest BCUT2D eigenvalue weighted by atomic mass is 10.4. The molecule has 0 bridgehead atoms. The minimum Gasteiger partial charge on any atom is -0.0819 e. The predicted molar refractivity (Wildman–Crippen MR) is 144 cm³/mol. The van der Waals surface area contributed by atoms with Crippen LogP contribution in [0.5, 0.6) is 0 Å². The van der Waals surface area contributed by atoms with Crippen LogP contribution in [0, 0.1) is 0 Å². The normalized spacial score (nSPS) is 25.8. The van der Waals surface area contributed by atoms with E-state index in [1.807, 2.05) is 0 Å². The van der Waals surface area contributed by atoms with Gasteiger partial charge in [0, 0.05) is 11.3 Å². The maximum absolute atomic E-state index is 6.90. The molecule has 0 saturated carbocycles. The fraction of sp³-hybridized carbons (Fsp3) is 0.0400. The molecule has 0 radical (unpaired) electrons. The summed E-state index contributed by atoms with van der Waals surface area (Å²) in [6.45, 7) is 0. The molecule has 0 spiro atoms. The molecule has 0 aliphatic carbocycles. The minimum atomic E-state index is -1.82. The van der Waals surface area contributed by atoms with Gasteiger partial charge in [0.15, 0.2) is 0 Å². The summed E-state index contributed by atoms with van der Waals surface area (Å²) in [6.07, 6.45) is 0. The van der Waals surface area contributed by atoms with Crippen LogP contribution in [0.2, 0.25) is 0 Å². The fourth-order valence-corrected chi connectivity index (χ4v) is 48.4. The monoisotopic (exact) mass is 478 g/mol. The van der Waals surface area contributed by atoms with Gasteiger partial charge in [-0.25, -0.2) is 0 Å². The molecule has 30 heavy (non-hydrogen) atoms. The largest absolute Gasteiger partial charge is 0.0819 e. The van der Waals surface area contributed by atoms with Gasteiger partial charge in [-0.3, -0.25) is 0 Å². The molecular weight excluding hydrogens is 456 g/mol. The zero-order valence-corrected chi connectivity index (χ0v) is 20.8. The maximum Gasteiger partial charge on any atom is 0.0386 e. The third-order valence-corrected chi connectivity index (χ3v) is 38.0. The first-order valence-corrected chi connectivity index (χ1v) is 19.3. The van der Waals surface area contributed by atoms with Crippen LogP contribution in [-0.2, 0) is 11.8 Å². The van der Waals surface area contributed by atoms with Gasteiger partial charge in [0.25, 0.3) is 0 Å². The third-order valence-electron chi connectivity index (χ3n) is 5.27. The Morgan fingerprint density at radius 2 is 0.967 bits per heavy atom. The lowest BCUT2D eigenvalue weighted by molar-refractivity contribution is 1.76. The van der Waals surface area contributed by atoms with Crippen LogP contribution in [0.25, 0.3) is 0 Å². The Morgan fingerprint density at radius 1 is 0.533 bits per heavy atom. The molecular formula is C25H22P4S. The van der Waals surface area contributed by atoms with Crippen molar-refractivity contribution in [2.24, 2.45) is 0 Å². The Balaban J connectivity index is 1.76. The molecule has 1 fully saturated rings. The Bertz CT molecular complexity index is 1150. The molecule has 1 aliphatic heterocycles. The van der Waals surface area contributed by atoms with Crippen molar-refractivity contribution in [3.8, 4) is 0 Å². The van der Waals surface area contributed by atoms with Crippen LogP contribution in [0.4, 0.5) is 0 Å². The summed E-state index contributed by atoms with van der Waals surface area (Å²) in [5, 5.41) is 5.94. The molecule has 5 heteroatoms. The summed E-state index contributed by atoms with van der Waals surface area (Å²) in [5.41, 5.74) is -1.82. The number of hydrogen-bond donors (Lipinski definition) is 0. The van der Waals surface area contributed by atoms with E-state index in [0.29, 0.717) is 0 Å². The maximum atomic E-state index is 6.90. The second-order valence-corrected chi connectivity index (χ2v) is 27.6. The average Bonchev–Trinajstić information content (AvgIpc) is 3.15. The lowest BCUT2D eigenvalue weighted by Gasteiger charge is -2.32. The molecule has 0 N–H and O–H groups in total. The van der Waals surface area contributed by atoms with Crippen molar-refractivity contribution in [1.82, 2.24) is 0 Å². The molecule has 1 saturated heterocycles. The predicted octanol–water partition coefficient (Wildman–Crippen LogP) is 6.93. The summed E-state index contributed by atoms with van der Waals surface area (Å²) < 4.78 is 0. The highest BCUT2D eigenvalue weighted by molar-refractivity contribution is 8.97. The summed E-state index contributed by atoms with van der Waals surface area (Å²) >= 11 is 6.90. The fourth-order valence-electron chi connectivity index (χ4n) is 3.88. The third kappa shape index (κ3) is 3.78. The molecule has 1 aliphatic rings. The highest BCUT2D eigenvalue weighted by Crippen LogP contribution is 3.07. The van der Waals surface area contributed by atoms with Crippen LogP contribution in [0.1, 0.15) is 0 Å². The second kappa shape index (κ2) is 9.13. The summed E-state index contributed by atoms with van der Waals surface area (Å²) in [5.74, 6) is 1.26. The molecule has 4 atom stereocenters. The van der Waals surface area contributed by atoms with E-state index < -0.39 is 20.3 Å². The topological polar surface area (TPSA) is 0 Å². The van der Waals surface area contributed by atoms with Crippen LogP contribution in [-0.4, -0.2) is 5.90 Å². The zero-order valence-electron chi connectivity index (χ0n) is 16.5. The lowest BCUT2D eigenvalue weighted by Crippen LogP contribution is -2.08. The van der Waals surface area contributed by atoms with Crippen molar-refractivity contribution < 1.29 is 0 Å². The Morgan fingerprint density at radius 3 is 1.50 bits per heavy atom. The van der Waals surface area contributed by atoms with E-state index in [4.69, 9.17) is 11.8 Å². The highest BCUT2D eigenvalue weighted by Gasteiger charge is 2.50. The van der Waals surface area contributed by atoms with E-state index >= 15 is 0 Å². The molecule has 0 nitrogen and oxygen atoms in total. The quantitative estimate of drug-likeness (QED) is 0.287. The van der Waals surface area contributed by atoms with Gasteiger partial charge in [-0.2, -0.15) is 0 Å². The first-order valence-electron chi connectivity index (χ1n) is 9.95. The van der Waals surface area contributed by atoms with Crippen molar-refractivity contribution in [3.05, 3.63) is 121 Å². The zero-order chi connectivity index (χ0) is 20.4. The van der Waals surface area contributed by atoms with Gasteiger partial charge in [-0.1, -0.05) is 133 Å². The summed E-state index contributed by atoms with van der Waals surface area (Å²) in [6, 6.07) is 44.7. The first kappa shape index (κ1) is 20.7. The Labute approximate surface area is 187 Å². The molecule has 1 heterocycles. The first-order chi connectivity index (χ1) is 14.8. The summed E-state index contributed by atoms with van der Waals surface area (Å²) in [4.78, 5) is 0. The van der Waals surface area contributed by atoms with Gasteiger partial charge < -0.3 is 0 Å². The number of benzene rings is 4. The van der Waals surface area contributed by atoms with Crippen molar-refractivity contribution in [2.45, 2.75) is 0 Å². The van der Waals surface area contributed by atoms with Gasteiger partial charge in [0.2, 0.25) is 0 Å². The van der Waals surface area contributed by atoms with Crippen LogP contribution in [0.3, 0.4) is 0 Å². The van der Waals surface area contributed by atoms with E-state index in [1.54, 1.807) is 0 Å². The number of rotatable bonds is 4. The van der Waals surface area contributed by atoms with E-state index in [1.165, 1.54) is 27.1 Å². The van der Waals surface area contributed by atoms with Gasteiger partial charge in [0.05, 0.1) is 0 Å². The van der Waals surface area contributed by atoms with E-state index in [-0.39, 0.29) is 7.61 Å². The Hall–Kier alpha value is -1.18. The molecule has 0 amide bonds. The number of hydrogen-bond acceptors (Lipinski definition) is 1. The molecule has 148 valence electrons. The van der Waals surface area contributed by atoms with E-state index in [0.717, 1.165) is 0 Å². The van der Waals surface area contributed by atoms with Crippen molar-refractivity contribution in [3.63, 3.8) is 0 Å². The highest BCUT2D eigenvalue weighted by atomic mass is 32.9. The average molecular weight is 478 g/mol. The minimum absolute atomic E-state index is 0.316. The molecule has 4 unspecified atom stereocenters. The van der Waals surface area contributed by atoms with Gasteiger partial charge in [-0.15, -0.1) is 0 Å².